The van der Waals surface area contributed by atoms with Crippen LogP contribution in [0.1, 0.15) is 27.9 Å². The number of allylic oxidation sites excluding steroid dienone is 1. The Morgan fingerprint density at radius 3 is 2.92 bits per heavy atom. The number of fused-ring (bicyclic) bond motifs is 7. The van der Waals surface area contributed by atoms with Crippen LogP contribution in [0, 0.1) is 0 Å². The molecule has 1 amide bonds. The number of morpholine rings is 1. The third kappa shape index (κ3) is 6.47. The molecular weight excluding hydrogens is 454 g/mol. The first-order chi connectivity index (χ1) is 17.7. The van der Waals surface area contributed by atoms with E-state index in [0.29, 0.717) is 31.1 Å². The molecule has 8 nitrogen and oxygen atoms in total. The number of ether oxygens (including phenoxy) is 2. The number of hydrogen-bond donors (Lipinski definition) is 2. The lowest BCUT2D eigenvalue weighted by Crippen LogP contribution is -2.38. The summed E-state index contributed by atoms with van der Waals surface area (Å²) in [6, 6.07) is 15.8. The zero-order chi connectivity index (χ0) is 24.6. The van der Waals surface area contributed by atoms with Crippen molar-refractivity contribution in [3.63, 3.8) is 0 Å². The number of carbonyl (C=O) groups excluding carboxylic acids is 1. The lowest BCUT2D eigenvalue weighted by molar-refractivity contribution is 0.0374. The van der Waals surface area contributed by atoms with Gasteiger partial charge in [0.25, 0.3) is 5.91 Å². The van der Waals surface area contributed by atoms with E-state index in [4.69, 9.17) is 14.5 Å². The van der Waals surface area contributed by atoms with E-state index >= 15 is 0 Å². The van der Waals surface area contributed by atoms with Gasteiger partial charge < -0.3 is 20.1 Å². The molecule has 1 aromatic heterocycles. The van der Waals surface area contributed by atoms with Crippen LogP contribution in [0.5, 0.6) is 0 Å². The molecule has 2 N–H and O–H groups in total. The van der Waals surface area contributed by atoms with Crippen LogP contribution in [-0.4, -0.2) is 60.2 Å². The number of benzene rings is 2. The van der Waals surface area contributed by atoms with Crippen LogP contribution in [0.3, 0.4) is 0 Å². The number of rotatable bonds is 5. The Morgan fingerprint density at radius 1 is 1.08 bits per heavy atom. The van der Waals surface area contributed by atoms with E-state index in [2.05, 4.69) is 26.6 Å². The van der Waals surface area contributed by atoms with Gasteiger partial charge in [0.15, 0.2) is 0 Å². The zero-order valence-electron chi connectivity index (χ0n) is 20.3. The van der Waals surface area contributed by atoms with Crippen LogP contribution in [0.4, 0.5) is 11.6 Å². The maximum atomic E-state index is 13.0. The summed E-state index contributed by atoms with van der Waals surface area (Å²) in [6.45, 7) is 5.53. The van der Waals surface area contributed by atoms with Crippen molar-refractivity contribution in [2.75, 3.05) is 44.7 Å². The SMILES string of the molecule is O=C(NCCCN1CCOCC1)c1cc2cc(c1)Nc1nccc(n1)-c1cccc(c1)CO/C=C\C2. The standard InChI is InChI=1S/C28H31N5O3/c34-27(29-8-3-10-33-11-14-35-15-12-33)24-16-21-5-2-13-36-20-22-4-1-6-23(17-22)26-7-9-30-28(32-26)31-25(18-21)19-24/h1-2,4,6-7,9,13,16-19H,3,5,8,10-12,14-15,20H2,(H,29,34)(H,30,31,32)/b13-2-. The predicted molar refractivity (Wildman–Crippen MR) is 139 cm³/mol. The normalized spacial score (nSPS) is 16.6. The van der Waals surface area contributed by atoms with Gasteiger partial charge in [0.2, 0.25) is 5.95 Å². The number of nitrogens with one attached hydrogen (secondary N) is 2. The van der Waals surface area contributed by atoms with Crippen LogP contribution < -0.4 is 10.6 Å². The van der Waals surface area contributed by atoms with E-state index in [0.717, 1.165) is 67.3 Å². The van der Waals surface area contributed by atoms with Gasteiger partial charge in [-0.3, -0.25) is 9.69 Å². The van der Waals surface area contributed by atoms with Gasteiger partial charge >= 0.3 is 0 Å². The summed E-state index contributed by atoms with van der Waals surface area (Å²) in [7, 11) is 0. The number of anilines is 2. The lowest BCUT2D eigenvalue weighted by atomic mass is 10.1. The maximum absolute atomic E-state index is 13.0. The van der Waals surface area contributed by atoms with Gasteiger partial charge in [-0.15, -0.1) is 0 Å². The quantitative estimate of drug-likeness (QED) is 0.530. The molecule has 5 rings (SSSR count). The van der Waals surface area contributed by atoms with E-state index in [1.807, 2.05) is 48.5 Å². The molecular formula is C28H31N5O3. The largest absolute Gasteiger partial charge is 0.497 e. The molecule has 0 aliphatic carbocycles. The van der Waals surface area contributed by atoms with Crippen molar-refractivity contribution in [1.29, 1.82) is 0 Å². The van der Waals surface area contributed by atoms with E-state index in [1.165, 1.54) is 0 Å². The number of hydrogen-bond acceptors (Lipinski definition) is 7. The smallest absolute Gasteiger partial charge is 0.251 e. The monoisotopic (exact) mass is 485 g/mol. The first-order valence-electron chi connectivity index (χ1n) is 12.4. The Labute approximate surface area is 211 Å². The lowest BCUT2D eigenvalue weighted by Gasteiger charge is -2.26. The molecule has 0 radical (unpaired) electrons. The highest BCUT2D eigenvalue weighted by molar-refractivity contribution is 5.95. The minimum absolute atomic E-state index is 0.0919. The van der Waals surface area contributed by atoms with E-state index in [9.17, 15) is 4.79 Å². The highest BCUT2D eigenvalue weighted by Gasteiger charge is 2.12. The molecule has 0 unspecified atom stereocenters. The van der Waals surface area contributed by atoms with Gasteiger partial charge in [0.05, 0.1) is 25.2 Å². The maximum Gasteiger partial charge on any atom is 0.251 e. The van der Waals surface area contributed by atoms with Gasteiger partial charge in [0, 0.05) is 42.6 Å². The Balaban J connectivity index is 1.32. The van der Waals surface area contributed by atoms with Crippen molar-refractivity contribution in [2.24, 2.45) is 0 Å². The third-order valence-corrected chi connectivity index (χ3v) is 6.23. The fourth-order valence-electron chi connectivity index (χ4n) is 4.37. The van der Waals surface area contributed by atoms with E-state index < -0.39 is 0 Å². The summed E-state index contributed by atoms with van der Waals surface area (Å²) in [5.41, 5.74) is 5.22. The first kappa shape index (κ1) is 24.0. The van der Waals surface area contributed by atoms with Crippen LogP contribution >= 0.6 is 0 Å². The van der Waals surface area contributed by atoms with Crippen molar-refractivity contribution in [3.8, 4) is 11.3 Å². The Bertz CT molecular complexity index is 1220. The number of aromatic nitrogens is 2. The molecule has 186 valence electrons. The molecule has 36 heavy (non-hydrogen) atoms. The molecule has 2 aromatic carbocycles. The molecule has 3 aromatic rings. The fourth-order valence-corrected chi connectivity index (χ4v) is 4.37. The van der Waals surface area contributed by atoms with Crippen LogP contribution in [0.25, 0.3) is 11.3 Å². The topological polar surface area (TPSA) is 88.6 Å². The number of amides is 1. The molecule has 2 aliphatic rings. The highest BCUT2D eigenvalue weighted by Crippen LogP contribution is 2.23. The molecule has 3 heterocycles. The van der Waals surface area contributed by atoms with Gasteiger partial charge in [-0.25, -0.2) is 9.97 Å². The van der Waals surface area contributed by atoms with Gasteiger partial charge in [-0.2, -0.15) is 0 Å². The predicted octanol–water partition coefficient (Wildman–Crippen LogP) is 3.93. The highest BCUT2D eigenvalue weighted by atomic mass is 16.5. The Morgan fingerprint density at radius 2 is 2.00 bits per heavy atom. The van der Waals surface area contributed by atoms with Crippen LogP contribution in [0.2, 0.25) is 0 Å². The second kappa shape index (κ2) is 11.8. The van der Waals surface area contributed by atoms with E-state index in [-0.39, 0.29) is 5.91 Å². The minimum atomic E-state index is -0.0919. The van der Waals surface area contributed by atoms with Gasteiger partial charge in [0.1, 0.15) is 6.61 Å². The molecule has 2 aliphatic heterocycles. The van der Waals surface area contributed by atoms with Gasteiger partial charge in [-0.1, -0.05) is 18.2 Å². The molecule has 0 saturated carbocycles. The number of nitrogens with zero attached hydrogens (tertiary/aromatic N) is 3. The summed E-state index contributed by atoms with van der Waals surface area (Å²) >= 11 is 0. The summed E-state index contributed by atoms with van der Waals surface area (Å²) < 4.78 is 11.1. The third-order valence-electron chi connectivity index (χ3n) is 6.23. The average molecular weight is 486 g/mol. The first-order valence-corrected chi connectivity index (χ1v) is 12.4. The molecule has 1 fully saturated rings. The molecule has 8 heteroatoms. The van der Waals surface area contributed by atoms with Crippen molar-refractivity contribution in [2.45, 2.75) is 19.4 Å². The summed E-state index contributed by atoms with van der Waals surface area (Å²) in [6.07, 6.45) is 6.95. The summed E-state index contributed by atoms with van der Waals surface area (Å²) in [5.74, 6) is 0.388. The van der Waals surface area contributed by atoms with Crippen molar-refractivity contribution in [1.82, 2.24) is 20.2 Å². The van der Waals surface area contributed by atoms with Crippen molar-refractivity contribution < 1.29 is 14.3 Å². The molecule has 0 spiro atoms. The Kier molecular flexibility index (Phi) is 7.85. The number of carbonyl (C=O) groups is 1. The Hall–Kier alpha value is -3.75. The minimum Gasteiger partial charge on any atom is -0.497 e. The van der Waals surface area contributed by atoms with E-state index in [1.54, 1.807) is 12.5 Å². The molecule has 1 saturated heterocycles. The molecule has 6 bridgehead atoms. The summed E-state index contributed by atoms with van der Waals surface area (Å²) in [5, 5.41) is 6.36. The van der Waals surface area contributed by atoms with Crippen LogP contribution in [0.15, 0.2) is 67.1 Å². The zero-order valence-corrected chi connectivity index (χ0v) is 20.3. The summed E-state index contributed by atoms with van der Waals surface area (Å²) in [4.78, 5) is 24.5. The average Bonchev–Trinajstić information content (AvgIpc) is 2.91. The fraction of sp³-hybridized carbons (Fsp3) is 0.321. The second-order valence-corrected chi connectivity index (χ2v) is 8.96. The van der Waals surface area contributed by atoms with Crippen LogP contribution in [-0.2, 0) is 22.5 Å². The second-order valence-electron chi connectivity index (χ2n) is 8.96. The van der Waals surface area contributed by atoms with Crippen molar-refractivity contribution >= 4 is 17.5 Å². The van der Waals surface area contributed by atoms with Crippen molar-refractivity contribution in [3.05, 3.63) is 83.8 Å². The molecule has 0 atom stereocenters. The van der Waals surface area contributed by atoms with Gasteiger partial charge in [-0.05, 0) is 66.9 Å².